The molecule has 0 fully saturated rings. The zero-order chi connectivity index (χ0) is 40.4. The molecule has 0 saturated carbocycles. The quantitative estimate of drug-likeness (QED) is 0.151. The highest BCUT2D eigenvalue weighted by Gasteiger charge is 2.39. The van der Waals surface area contributed by atoms with Gasteiger partial charge in [0.2, 0.25) is 0 Å². The van der Waals surface area contributed by atoms with Crippen molar-refractivity contribution in [3.8, 4) is 28.5 Å². The summed E-state index contributed by atoms with van der Waals surface area (Å²) >= 11 is 0. The monoisotopic (exact) mass is 775 g/mol. The molecule has 6 heteroatoms. The number of hydrogen-bond acceptors (Lipinski definition) is 5. The highest BCUT2D eigenvalue weighted by atomic mass is 16.3. The van der Waals surface area contributed by atoms with Gasteiger partial charge in [-0.2, -0.15) is 0 Å². The number of para-hydroxylation sites is 5. The molecule has 6 nitrogen and oxygen atoms in total. The number of anilines is 3. The maximum atomic E-state index is 7.11. The predicted octanol–water partition coefficient (Wildman–Crippen LogP) is 14.0. The Bertz CT molecular complexity index is 3340. The summed E-state index contributed by atoms with van der Waals surface area (Å²) in [5.41, 5.74) is 12.4. The van der Waals surface area contributed by atoms with Crippen molar-refractivity contribution in [1.82, 2.24) is 19.5 Å². The standard InChI is InChI=1S/C54H41N5O/c1-4-5-6-13-32-47-55-52(35-20-9-7-10-21-35)57-53(56-47)40-27-18-25-37-38-26-19-31-46(51(38)60-50(37)40)59-42-29-16-14-24-39(42)48-44(59)33-34-45-49(48)54(2,3)41-28-15-17-30-43(41)58(45)36-22-11-8-12-23-36/h4-31,33-34H,32H2,1-3H3/b5-4-,13-6-. The van der Waals surface area contributed by atoms with Crippen LogP contribution in [0.15, 0.2) is 186 Å². The number of rotatable bonds is 7. The molecule has 0 atom stereocenters. The van der Waals surface area contributed by atoms with Gasteiger partial charge in [-0.3, -0.25) is 0 Å². The molecule has 0 saturated heterocycles. The van der Waals surface area contributed by atoms with Gasteiger partial charge in [0.15, 0.2) is 17.2 Å². The highest BCUT2D eigenvalue weighted by Crippen LogP contribution is 2.55. The predicted molar refractivity (Wildman–Crippen MR) is 247 cm³/mol. The van der Waals surface area contributed by atoms with Crippen LogP contribution in [0.1, 0.15) is 37.7 Å². The lowest BCUT2D eigenvalue weighted by molar-refractivity contribution is 0.638. The first-order chi connectivity index (χ1) is 29.5. The Hall–Kier alpha value is -7.57. The molecule has 10 aromatic rings. The van der Waals surface area contributed by atoms with E-state index in [9.17, 15) is 0 Å². The molecule has 1 aliphatic heterocycles. The van der Waals surface area contributed by atoms with Crippen LogP contribution >= 0.6 is 0 Å². The second kappa shape index (κ2) is 14.1. The summed E-state index contributed by atoms with van der Waals surface area (Å²) in [6.07, 6.45) is 8.69. The van der Waals surface area contributed by atoms with E-state index in [0.29, 0.717) is 23.9 Å². The van der Waals surface area contributed by atoms with Gasteiger partial charge in [-0.05, 0) is 66.6 Å². The van der Waals surface area contributed by atoms with E-state index in [1.54, 1.807) is 0 Å². The molecule has 0 spiro atoms. The second-order valence-electron chi connectivity index (χ2n) is 15.9. The van der Waals surface area contributed by atoms with E-state index in [0.717, 1.165) is 55.5 Å². The SMILES string of the molecule is C/C=C\C=C/Cc1nc(-c2ccccc2)nc(-c2cccc3c2oc2c(-n4c5ccccc5c5c6c(ccc54)N(c4ccccc4)c4ccccc4C6(C)C)cccc23)n1. The van der Waals surface area contributed by atoms with Gasteiger partial charge in [-0.25, -0.2) is 15.0 Å². The molecule has 3 aromatic heterocycles. The van der Waals surface area contributed by atoms with E-state index in [2.05, 4.69) is 157 Å². The Balaban J connectivity index is 1.15. The van der Waals surface area contributed by atoms with Crippen LogP contribution in [0.4, 0.5) is 17.1 Å². The average Bonchev–Trinajstić information content (AvgIpc) is 3.85. The molecule has 0 bridgehead atoms. The van der Waals surface area contributed by atoms with E-state index >= 15 is 0 Å². The lowest BCUT2D eigenvalue weighted by Gasteiger charge is -2.42. The number of aromatic nitrogens is 4. The number of nitrogens with zero attached hydrogens (tertiary/aromatic N) is 5. The third-order valence-electron chi connectivity index (χ3n) is 12.0. The van der Waals surface area contributed by atoms with Crippen molar-refractivity contribution in [1.29, 1.82) is 0 Å². The van der Waals surface area contributed by atoms with Crippen molar-refractivity contribution >= 4 is 60.8 Å². The normalized spacial score (nSPS) is 13.6. The first-order valence-electron chi connectivity index (χ1n) is 20.6. The molecule has 60 heavy (non-hydrogen) atoms. The van der Waals surface area contributed by atoms with Crippen molar-refractivity contribution in [2.24, 2.45) is 0 Å². The molecule has 0 amide bonds. The molecule has 0 radical (unpaired) electrons. The second-order valence-corrected chi connectivity index (χ2v) is 15.9. The minimum atomic E-state index is -0.295. The average molecular weight is 776 g/mol. The van der Waals surface area contributed by atoms with Crippen molar-refractivity contribution in [2.75, 3.05) is 4.90 Å². The largest absolute Gasteiger partial charge is 0.453 e. The molecule has 4 heterocycles. The summed E-state index contributed by atoms with van der Waals surface area (Å²) in [4.78, 5) is 17.4. The van der Waals surface area contributed by atoms with Gasteiger partial charge in [0.25, 0.3) is 0 Å². The molecule has 7 aromatic carbocycles. The maximum absolute atomic E-state index is 7.11. The van der Waals surface area contributed by atoms with E-state index < -0.39 is 0 Å². The number of hydrogen-bond donors (Lipinski definition) is 0. The Morgan fingerprint density at radius 2 is 1.25 bits per heavy atom. The molecule has 288 valence electrons. The number of fused-ring (bicyclic) bond motifs is 9. The zero-order valence-electron chi connectivity index (χ0n) is 33.7. The van der Waals surface area contributed by atoms with Crippen molar-refractivity contribution in [2.45, 2.75) is 32.6 Å². The summed E-state index contributed by atoms with van der Waals surface area (Å²) in [5.74, 6) is 1.91. The van der Waals surface area contributed by atoms with Crippen molar-refractivity contribution in [3.63, 3.8) is 0 Å². The van der Waals surface area contributed by atoms with E-state index in [-0.39, 0.29) is 5.41 Å². The van der Waals surface area contributed by atoms with Crippen LogP contribution in [0.3, 0.4) is 0 Å². The molecule has 11 rings (SSSR count). The zero-order valence-corrected chi connectivity index (χ0v) is 33.7. The number of furan rings is 1. The van der Waals surface area contributed by atoms with Gasteiger partial charge < -0.3 is 13.9 Å². The first-order valence-corrected chi connectivity index (χ1v) is 20.6. The van der Waals surface area contributed by atoms with Gasteiger partial charge in [-0.15, -0.1) is 0 Å². The summed E-state index contributed by atoms with van der Waals surface area (Å²) in [6.45, 7) is 6.74. The van der Waals surface area contributed by atoms with E-state index in [1.807, 2.05) is 55.5 Å². The van der Waals surface area contributed by atoms with Crippen LogP contribution in [-0.4, -0.2) is 19.5 Å². The van der Waals surface area contributed by atoms with Crippen LogP contribution in [0.25, 0.3) is 72.2 Å². The Labute approximate surface area is 348 Å². The third-order valence-corrected chi connectivity index (χ3v) is 12.0. The Morgan fingerprint density at radius 1 is 0.567 bits per heavy atom. The molecule has 1 aliphatic rings. The third kappa shape index (κ3) is 5.52. The van der Waals surface area contributed by atoms with Crippen LogP contribution in [0.5, 0.6) is 0 Å². The molecule has 0 aliphatic carbocycles. The van der Waals surface area contributed by atoms with Gasteiger partial charge in [0, 0.05) is 44.6 Å². The molecular weight excluding hydrogens is 735 g/mol. The smallest absolute Gasteiger partial charge is 0.167 e. The molecular formula is C54H41N5O. The Morgan fingerprint density at radius 3 is 2.08 bits per heavy atom. The topological polar surface area (TPSA) is 60.0 Å². The fourth-order valence-corrected chi connectivity index (χ4v) is 9.31. The molecule has 0 N–H and O–H groups in total. The van der Waals surface area contributed by atoms with E-state index in [4.69, 9.17) is 19.4 Å². The van der Waals surface area contributed by atoms with Crippen LogP contribution in [-0.2, 0) is 11.8 Å². The summed E-state index contributed by atoms with van der Waals surface area (Å²) in [7, 11) is 0. The van der Waals surface area contributed by atoms with Gasteiger partial charge in [-0.1, -0.05) is 147 Å². The lowest BCUT2D eigenvalue weighted by atomic mass is 9.72. The maximum Gasteiger partial charge on any atom is 0.167 e. The first kappa shape index (κ1) is 35.6. The highest BCUT2D eigenvalue weighted by molar-refractivity contribution is 6.16. The van der Waals surface area contributed by atoms with Gasteiger partial charge >= 0.3 is 0 Å². The summed E-state index contributed by atoms with van der Waals surface area (Å²) in [6, 6.07) is 55.8. The van der Waals surface area contributed by atoms with Crippen LogP contribution in [0.2, 0.25) is 0 Å². The summed E-state index contributed by atoms with van der Waals surface area (Å²) < 4.78 is 9.50. The number of allylic oxidation sites excluding steroid dienone is 4. The van der Waals surface area contributed by atoms with Gasteiger partial charge in [0.05, 0.1) is 33.7 Å². The molecule has 0 unspecified atom stereocenters. The fourth-order valence-electron chi connectivity index (χ4n) is 9.31. The van der Waals surface area contributed by atoms with E-state index in [1.165, 1.54) is 33.3 Å². The van der Waals surface area contributed by atoms with Crippen molar-refractivity contribution < 1.29 is 4.42 Å². The minimum absolute atomic E-state index is 0.295. The minimum Gasteiger partial charge on any atom is -0.453 e. The lowest BCUT2D eigenvalue weighted by Crippen LogP contribution is -2.30. The van der Waals surface area contributed by atoms with Crippen molar-refractivity contribution in [3.05, 3.63) is 199 Å². The van der Waals surface area contributed by atoms with Crippen LogP contribution in [0, 0.1) is 0 Å². The summed E-state index contributed by atoms with van der Waals surface area (Å²) in [5, 5.41) is 4.49. The number of benzene rings is 7. The van der Waals surface area contributed by atoms with Gasteiger partial charge in [0.1, 0.15) is 11.4 Å². The Kier molecular flexibility index (Phi) is 8.34. The fraction of sp³-hybridized carbons (Fsp3) is 0.0926. The van der Waals surface area contributed by atoms with Crippen LogP contribution < -0.4 is 4.90 Å².